The summed E-state index contributed by atoms with van der Waals surface area (Å²) in [6.07, 6.45) is 2.02. The highest BCUT2D eigenvalue weighted by molar-refractivity contribution is 7.99. The number of benzene rings is 1. The van der Waals surface area contributed by atoms with Crippen LogP contribution in [0.1, 0.15) is 27.3 Å². The minimum atomic E-state index is -2.62. The van der Waals surface area contributed by atoms with Crippen molar-refractivity contribution < 1.29 is 13.6 Å². The minimum absolute atomic E-state index is 0.0317. The number of carbonyl (C=O) groups is 1. The van der Waals surface area contributed by atoms with Crippen LogP contribution >= 0.6 is 11.8 Å². The Morgan fingerprint density at radius 1 is 1.21 bits per heavy atom. The Morgan fingerprint density at radius 2 is 1.96 bits per heavy atom. The molecule has 8 heteroatoms. The van der Waals surface area contributed by atoms with Gasteiger partial charge in [-0.25, -0.2) is 9.67 Å². The molecule has 0 saturated carbocycles. The molecule has 1 aromatic carbocycles. The number of aromatic nitrogens is 3. The van der Waals surface area contributed by atoms with E-state index in [0.29, 0.717) is 13.0 Å². The van der Waals surface area contributed by atoms with Crippen molar-refractivity contribution in [2.24, 2.45) is 0 Å². The fourth-order valence-corrected chi connectivity index (χ4v) is 3.43. The molecule has 0 bridgehead atoms. The van der Waals surface area contributed by atoms with E-state index in [9.17, 15) is 13.6 Å². The third-order valence-electron chi connectivity index (χ3n) is 4.11. The van der Waals surface area contributed by atoms with Crippen LogP contribution in [0.3, 0.4) is 0 Å². The molecule has 0 spiro atoms. The third kappa shape index (κ3) is 4.95. The smallest absolute Gasteiger partial charge is 0.290 e. The zero-order valence-electron chi connectivity index (χ0n) is 15.5. The van der Waals surface area contributed by atoms with E-state index in [1.165, 1.54) is 12.3 Å². The van der Waals surface area contributed by atoms with Crippen molar-refractivity contribution in [3.8, 4) is 5.69 Å². The van der Waals surface area contributed by atoms with E-state index in [4.69, 9.17) is 0 Å². The molecule has 0 radical (unpaired) electrons. The Kier molecular flexibility index (Phi) is 6.41. The lowest BCUT2D eigenvalue weighted by atomic mass is 10.1. The zero-order valence-corrected chi connectivity index (χ0v) is 16.3. The summed E-state index contributed by atoms with van der Waals surface area (Å²) in [7, 11) is 0. The lowest BCUT2D eigenvalue weighted by Crippen LogP contribution is -2.26. The highest BCUT2D eigenvalue weighted by Crippen LogP contribution is 2.26. The number of amides is 1. The second kappa shape index (κ2) is 8.97. The van der Waals surface area contributed by atoms with Crippen molar-refractivity contribution in [3.05, 3.63) is 71.2 Å². The molecule has 0 saturated heterocycles. The van der Waals surface area contributed by atoms with Crippen molar-refractivity contribution >= 4 is 17.7 Å². The van der Waals surface area contributed by atoms with Crippen molar-refractivity contribution in [1.82, 2.24) is 20.1 Å². The maximum Gasteiger partial charge on any atom is 0.290 e. The average molecular weight is 402 g/mol. The summed E-state index contributed by atoms with van der Waals surface area (Å²) in [6, 6.07) is 13.0. The van der Waals surface area contributed by atoms with Gasteiger partial charge in [-0.2, -0.15) is 13.9 Å². The number of carbonyl (C=O) groups excluding carboxylic acids is 1. The molecule has 5 nitrogen and oxygen atoms in total. The fraction of sp³-hybridized carbons (Fsp3) is 0.250. The predicted octanol–water partition coefficient (Wildman–Crippen LogP) is 4.17. The van der Waals surface area contributed by atoms with Crippen molar-refractivity contribution in [1.29, 1.82) is 0 Å². The van der Waals surface area contributed by atoms with Gasteiger partial charge in [-0.1, -0.05) is 12.1 Å². The number of nitrogens with one attached hydrogen (secondary N) is 1. The van der Waals surface area contributed by atoms with Crippen LogP contribution < -0.4 is 5.32 Å². The molecular formula is C20H20F2N4OS. The molecule has 2 aromatic heterocycles. The molecule has 1 amide bonds. The Labute approximate surface area is 166 Å². The number of hydrogen-bond acceptors (Lipinski definition) is 4. The molecule has 0 aliphatic carbocycles. The average Bonchev–Trinajstić information content (AvgIpc) is 3.00. The summed E-state index contributed by atoms with van der Waals surface area (Å²) >= 11 is 0.272. The van der Waals surface area contributed by atoms with Gasteiger partial charge >= 0.3 is 0 Å². The van der Waals surface area contributed by atoms with Gasteiger partial charge in [-0.3, -0.25) is 4.79 Å². The number of nitrogens with zero attached hydrogens (tertiary/aromatic N) is 3. The van der Waals surface area contributed by atoms with Crippen LogP contribution in [-0.4, -0.2) is 33.0 Å². The van der Waals surface area contributed by atoms with Gasteiger partial charge < -0.3 is 5.32 Å². The van der Waals surface area contributed by atoms with Crippen LogP contribution in [0.25, 0.3) is 5.69 Å². The molecular weight excluding hydrogens is 382 g/mol. The lowest BCUT2D eigenvalue weighted by Gasteiger charge is -2.09. The largest absolute Gasteiger partial charge is 0.352 e. The number of aryl methyl sites for hydroxylation is 2. The Hall–Kier alpha value is -2.74. The quantitative estimate of drug-likeness (QED) is 0.603. The van der Waals surface area contributed by atoms with Crippen LogP contribution in [-0.2, 0) is 6.42 Å². The number of rotatable bonds is 7. The molecule has 0 atom stereocenters. The molecule has 1 N–H and O–H groups in total. The SMILES string of the molecule is Cc1cc(C)n(-c2ccc(CCNC(=O)c3cccnc3SC(F)F)cc2)n1. The second-order valence-corrected chi connectivity index (χ2v) is 7.22. The molecule has 0 unspecified atom stereocenters. The Morgan fingerprint density at radius 3 is 2.61 bits per heavy atom. The monoisotopic (exact) mass is 402 g/mol. The van der Waals surface area contributed by atoms with E-state index in [2.05, 4.69) is 15.4 Å². The molecule has 146 valence electrons. The molecule has 28 heavy (non-hydrogen) atoms. The molecule has 3 aromatic rings. The predicted molar refractivity (Wildman–Crippen MR) is 105 cm³/mol. The van der Waals surface area contributed by atoms with Gasteiger partial charge in [0.2, 0.25) is 0 Å². The number of alkyl halides is 2. The van der Waals surface area contributed by atoms with Gasteiger partial charge in [0, 0.05) is 18.4 Å². The maximum absolute atomic E-state index is 12.6. The van der Waals surface area contributed by atoms with Gasteiger partial charge in [0.05, 0.1) is 16.9 Å². The van der Waals surface area contributed by atoms with E-state index < -0.39 is 11.7 Å². The van der Waals surface area contributed by atoms with Crippen LogP contribution in [0.5, 0.6) is 0 Å². The summed E-state index contributed by atoms with van der Waals surface area (Å²) in [5.41, 5.74) is 4.21. The summed E-state index contributed by atoms with van der Waals surface area (Å²) in [5.74, 6) is -3.03. The van der Waals surface area contributed by atoms with Gasteiger partial charge in [0.1, 0.15) is 5.03 Å². The summed E-state index contributed by atoms with van der Waals surface area (Å²) in [6.45, 7) is 4.35. The zero-order chi connectivity index (χ0) is 20.1. The number of thioether (sulfide) groups is 1. The molecule has 0 fully saturated rings. The van der Waals surface area contributed by atoms with Crippen LogP contribution in [0.4, 0.5) is 8.78 Å². The number of halogens is 2. The van der Waals surface area contributed by atoms with Crippen molar-refractivity contribution in [3.63, 3.8) is 0 Å². The first-order chi connectivity index (χ1) is 13.4. The maximum atomic E-state index is 12.6. The Bertz CT molecular complexity index is 957. The fourth-order valence-electron chi connectivity index (χ4n) is 2.85. The van der Waals surface area contributed by atoms with E-state index >= 15 is 0 Å². The summed E-state index contributed by atoms with van der Waals surface area (Å²) in [4.78, 5) is 16.2. The number of pyridine rings is 1. The Balaban J connectivity index is 1.58. The molecule has 3 rings (SSSR count). The summed E-state index contributed by atoms with van der Waals surface area (Å²) < 4.78 is 27.1. The van der Waals surface area contributed by atoms with Gasteiger partial charge in [-0.15, -0.1) is 0 Å². The molecule has 2 heterocycles. The van der Waals surface area contributed by atoms with Crippen LogP contribution in [0.2, 0.25) is 0 Å². The normalized spacial score (nSPS) is 11.0. The molecule has 0 aliphatic heterocycles. The lowest BCUT2D eigenvalue weighted by molar-refractivity contribution is 0.0950. The first kappa shape index (κ1) is 20.0. The highest BCUT2D eigenvalue weighted by atomic mass is 32.2. The minimum Gasteiger partial charge on any atom is -0.352 e. The standard InChI is InChI=1S/C20H20F2N4OS/c1-13-12-14(2)26(25-13)16-7-5-15(6-8-16)9-11-23-18(27)17-4-3-10-24-19(17)28-20(21)22/h3-8,10,12,20H,9,11H2,1-2H3,(H,23,27). The van der Waals surface area contributed by atoms with E-state index in [1.54, 1.807) is 6.07 Å². The van der Waals surface area contributed by atoms with Gasteiger partial charge in [-0.05, 0) is 67.9 Å². The first-order valence-electron chi connectivity index (χ1n) is 8.74. The van der Waals surface area contributed by atoms with Crippen LogP contribution in [0.15, 0.2) is 53.7 Å². The molecule has 0 aliphatic rings. The third-order valence-corrected chi connectivity index (χ3v) is 4.83. The van der Waals surface area contributed by atoms with Crippen LogP contribution in [0, 0.1) is 13.8 Å². The van der Waals surface area contributed by atoms with E-state index in [-0.39, 0.29) is 22.4 Å². The van der Waals surface area contributed by atoms with Crippen molar-refractivity contribution in [2.45, 2.75) is 31.1 Å². The van der Waals surface area contributed by atoms with Gasteiger partial charge in [0.25, 0.3) is 11.7 Å². The highest BCUT2D eigenvalue weighted by Gasteiger charge is 2.16. The first-order valence-corrected chi connectivity index (χ1v) is 9.62. The topological polar surface area (TPSA) is 59.8 Å². The second-order valence-electron chi connectivity index (χ2n) is 6.25. The summed E-state index contributed by atoms with van der Waals surface area (Å²) in [5, 5.41) is 7.25. The van der Waals surface area contributed by atoms with E-state index in [0.717, 1.165) is 22.6 Å². The van der Waals surface area contributed by atoms with E-state index in [1.807, 2.05) is 48.9 Å². The van der Waals surface area contributed by atoms with Gasteiger partial charge in [0.15, 0.2) is 0 Å². The van der Waals surface area contributed by atoms with Crippen molar-refractivity contribution in [2.75, 3.05) is 6.54 Å². The number of hydrogen-bond donors (Lipinski definition) is 1.